The first-order chi connectivity index (χ1) is 9.04. The molecule has 0 aliphatic heterocycles. The monoisotopic (exact) mass is 298 g/mol. The number of nitrogens with zero attached hydrogens (tertiary/aromatic N) is 2. The van der Waals surface area contributed by atoms with Crippen molar-refractivity contribution in [2.45, 2.75) is 23.4 Å². The molecule has 0 unspecified atom stereocenters. The van der Waals surface area contributed by atoms with Crippen molar-refractivity contribution in [2.24, 2.45) is 0 Å². The zero-order chi connectivity index (χ0) is 13.8. The molecule has 0 aliphatic rings. The number of thioether (sulfide) groups is 1. The predicted octanol–water partition coefficient (Wildman–Crippen LogP) is 2.91. The van der Waals surface area contributed by atoms with E-state index >= 15 is 0 Å². The largest absolute Gasteiger partial charge is 0.481 e. The van der Waals surface area contributed by atoms with Crippen LogP contribution in [-0.2, 0) is 17.0 Å². The first kappa shape index (κ1) is 14.0. The summed E-state index contributed by atoms with van der Waals surface area (Å²) < 4.78 is 13.7. The fourth-order valence-corrected chi connectivity index (χ4v) is 3.59. The van der Waals surface area contributed by atoms with Gasteiger partial charge in [0.25, 0.3) is 0 Å². The summed E-state index contributed by atoms with van der Waals surface area (Å²) >= 11 is 2.82. The molecule has 0 saturated carbocycles. The molecule has 0 bridgehead atoms. The third-order valence-corrected chi connectivity index (χ3v) is 4.68. The minimum Gasteiger partial charge on any atom is -0.481 e. The number of aryl methyl sites for hydroxylation is 1. The summed E-state index contributed by atoms with van der Waals surface area (Å²) in [6, 6.07) is 1.43. The van der Waals surface area contributed by atoms with Gasteiger partial charge in [-0.2, -0.15) is 0 Å². The maximum absolute atomic E-state index is 13.0. The lowest BCUT2D eigenvalue weighted by Crippen LogP contribution is -1.99. The van der Waals surface area contributed by atoms with Crippen LogP contribution in [0.15, 0.2) is 22.8 Å². The second-order valence-corrected chi connectivity index (χ2v) is 6.17. The van der Waals surface area contributed by atoms with Crippen molar-refractivity contribution in [1.82, 2.24) is 9.97 Å². The fourth-order valence-electron chi connectivity index (χ4n) is 1.44. The molecule has 0 fully saturated rings. The van der Waals surface area contributed by atoms with Crippen molar-refractivity contribution in [1.29, 1.82) is 0 Å². The summed E-state index contributed by atoms with van der Waals surface area (Å²) in [6.45, 7) is 1.79. The van der Waals surface area contributed by atoms with E-state index in [1.165, 1.54) is 29.2 Å². The van der Waals surface area contributed by atoms with Gasteiger partial charge in [0, 0.05) is 16.8 Å². The van der Waals surface area contributed by atoms with Crippen molar-refractivity contribution < 1.29 is 14.3 Å². The van der Waals surface area contributed by atoms with E-state index in [2.05, 4.69) is 9.97 Å². The van der Waals surface area contributed by atoms with Gasteiger partial charge in [0.1, 0.15) is 5.82 Å². The van der Waals surface area contributed by atoms with Gasteiger partial charge < -0.3 is 5.11 Å². The van der Waals surface area contributed by atoms with Gasteiger partial charge in [0.05, 0.1) is 18.3 Å². The Bertz CT molecular complexity index is 601. The van der Waals surface area contributed by atoms with Gasteiger partial charge in [-0.05, 0) is 18.6 Å². The fraction of sp³-hybridized carbons (Fsp3) is 0.250. The quantitative estimate of drug-likeness (QED) is 0.860. The molecule has 0 atom stereocenters. The van der Waals surface area contributed by atoms with Crippen molar-refractivity contribution in [3.63, 3.8) is 0 Å². The van der Waals surface area contributed by atoms with E-state index < -0.39 is 5.97 Å². The lowest BCUT2D eigenvalue weighted by atomic mass is 10.3. The summed E-state index contributed by atoms with van der Waals surface area (Å²) in [5.74, 6) is -0.665. The predicted molar refractivity (Wildman–Crippen MR) is 71.9 cm³/mol. The van der Waals surface area contributed by atoms with Crippen LogP contribution in [-0.4, -0.2) is 21.0 Å². The Morgan fingerprint density at radius 2 is 2.32 bits per heavy atom. The number of rotatable bonds is 5. The van der Waals surface area contributed by atoms with Crippen molar-refractivity contribution in [2.75, 3.05) is 0 Å². The van der Waals surface area contributed by atoms with E-state index in [0.29, 0.717) is 5.75 Å². The topological polar surface area (TPSA) is 63.1 Å². The van der Waals surface area contributed by atoms with E-state index in [0.717, 1.165) is 26.7 Å². The molecule has 0 aromatic carbocycles. The molecule has 2 aromatic rings. The van der Waals surface area contributed by atoms with Gasteiger partial charge in [0.15, 0.2) is 4.34 Å². The molecule has 0 radical (unpaired) electrons. The molecular formula is C12H11FN2O2S2. The molecule has 0 saturated heterocycles. The van der Waals surface area contributed by atoms with Crippen LogP contribution in [0.1, 0.15) is 16.1 Å². The Labute approximate surface area is 117 Å². The van der Waals surface area contributed by atoms with Crippen LogP contribution < -0.4 is 0 Å². The summed E-state index contributed by atoms with van der Waals surface area (Å²) in [5, 5.41) is 8.76. The number of carbonyl (C=O) groups is 1. The van der Waals surface area contributed by atoms with Crippen molar-refractivity contribution >= 4 is 29.1 Å². The lowest BCUT2D eigenvalue weighted by molar-refractivity contribution is -0.136. The maximum atomic E-state index is 13.0. The highest BCUT2D eigenvalue weighted by Gasteiger charge is 2.11. The zero-order valence-corrected chi connectivity index (χ0v) is 11.7. The molecule has 7 heteroatoms. The number of hydrogen-bond acceptors (Lipinski definition) is 5. The maximum Gasteiger partial charge on any atom is 0.308 e. The molecule has 100 valence electrons. The SMILES string of the molecule is Cc1nc(SCc2cncc(F)c2)sc1CC(=O)O. The second kappa shape index (κ2) is 6.12. The Kier molecular flexibility index (Phi) is 4.49. The van der Waals surface area contributed by atoms with Gasteiger partial charge in [-0.1, -0.05) is 11.8 Å². The first-order valence-electron chi connectivity index (χ1n) is 5.45. The smallest absolute Gasteiger partial charge is 0.308 e. The summed E-state index contributed by atoms with van der Waals surface area (Å²) in [6.07, 6.45) is 2.76. The number of hydrogen-bond donors (Lipinski definition) is 1. The summed E-state index contributed by atoms with van der Waals surface area (Å²) in [7, 11) is 0. The number of thiazole rings is 1. The van der Waals surface area contributed by atoms with Crippen molar-refractivity contribution in [3.05, 3.63) is 40.4 Å². The van der Waals surface area contributed by atoms with Crippen LogP contribution in [0.2, 0.25) is 0 Å². The van der Waals surface area contributed by atoms with Crippen molar-refractivity contribution in [3.8, 4) is 0 Å². The molecular weight excluding hydrogens is 287 g/mol. The third kappa shape index (κ3) is 4.00. The average Bonchev–Trinajstić information content (AvgIpc) is 2.67. The molecule has 2 rings (SSSR count). The Balaban J connectivity index is 2.02. The normalized spacial score (nSPS) is 10.6. The van der Waals surface area contributed by atoms with E-state index in [1.54, 1.807) is 13.1 Å². The summed E-state index contributed by atoms with van der Waals surface area (Å²) in [5.41, 5.74) is 1.52. The van der Waals surface area contributed by atoms with Crippen LogP contribution in [0.5, 0.6) is 0 Å². The van der Waals surface area contributed by atoms with Gasteiger partial charge in [-0.15, -0.1) is 11.3 Å². The summed E-state index contributed by atoms with van der Waals surface area (Å²) in [4.78, 5) is 19.5. The molecule has 4 nitrogen and oxygen atoms in total. The number of pyridine rings is 1. The van der Waals surface area contributed by atoms with Crippen LogP contribution in [0, 0.1) is 12.7 Å². The highest BCUT2D eigenvalue weighted by Crippen LogP contribution is 2.29. The van der Waals surface area contributed by atoms with E-state index in [9.17, 15) is 9.18 Å². The minimum atomic E-state index is -0.863. The van der Waals surface area contributed by atoms with Crippen LogP contribution >= 0.6 is 23.1 Å². The minimum absolute atomic E-state index is 0.00835. The number of carboxylic acids is 1. The highest BCUT2D eigenvalue weighted by molar-refractivity contribution is 8.00. The molecule has 1 N–H and O–H groups in total. The molecule has 19 heavy (non-hydrogen) atoms. The third-order valence-electron chi connectivity index (χ3n) is 2.31. The number of aliphatic carboxylic acids is 1. The molecule has 0 spiro atoms. The second-order valence-electron chi connectivity index (χ2n) is 3.86. The number of halogens is 1. The van der Waals surface area contributed by atoms with Crippen LogP contribution in [0.4, 0.5) is 4.39 Å². The Morgan fingerprint density at radius 3 is 3.00 bits per heavy atom. The standard InChI is InChI=1S/C12H11FN2O2S2/c1-7-10(3-11(16)17)19-12(15-7)18-6-8-2-9(13)5-14-4-8/h2,4-5H,3,6H2,1H3,(H,16,17). The van der Waals surface area contributed by atoms with Gasteiger partial charge >= 0.3 is 5.97 Å². The average molecular weight is 298 g/mol. The highest BCUT2D eigenvalue weighted by atomic mass is 32.2. The van der Waals surface area contributed by atoms with Crippen LogP contribution in [0.25, 0.3) is 0 Å². The molecule has 2 aromatic heterocycles. The number of aromatic nitrogens is 2. The van der Waals surface area contributed by atoms with Gasteiger partial charge in [-0.25, -0.2) is 9.37 Å². The van der Waals surface area contributed by atoms with Crippen LogP contribution in [0.3, 0.4) is 0 Å². The Morgan fingerprint density at radius 1 is 1.53 bits per heavy atom. The van der Waals surface area contributed by atoms with Gasteiger partial charge in [-0.3, -0.25) is 9.78 Å². The zero-order valence-electron chi connectivity index (χ0n) is 10.1. The van der Waals surface area contributed by atoms with Gasteiger partial charge in [0.2, 0.25) is 0 Å². The molecule has 0 aliphatic carbocycles. The van der Waals surface area contributed by atoms with E-state index in [-0.39, 0.29) is 12.2 Å². The van der Waals surface area contributed by atoms with E-state index in [4.69, 9.17) is 5.11 Å². The Hall–Kier alpha value is -1.47. The lowest BCUT2D eigenvalue weighted by Gasteiger charge is -1.98. The number of carboxylic acid groups (broad SMARTS) is 1. The molecule has 2 heterocycles. The first-order valence-corrected chi connectivity index (χ1v) is 7.25. The molecule has 0 amide bonds. The van der Waals surface area contributed by atoms with E-state index in [1.807, 2.05) is 0 Å².